The molecule has 0 N–H and O–H groups in total. The average molecular weight is 403 g/mol. The van der Waals surface area contributed by atoms with E-state index >= 15 is 0 Å². The van der Waals surface area contributed by atoms with Crippen LogP contribution in [0.5, 0.6) is 5.75 Å². The van der Waals surface area contributed by atoms with E-state index in [0.717, 1.165) is 24.0 Å². The summed E-state index contributed by atoms with van der Waals surface area (Å²) in [7, 11) is 0. The van der Waals surface area contributed by atoms with Crippen LogP contribution in [0, 0.1) is 0 Å². The number of carbonyl (C=O) groups excluding carboxylic acids is 1. The van der Waals surface area contributed by atoms with Crippen molar-refractivity contribution in [2.45, 2.75) is 24.9 Å². The third-order valence-corrected chi connectivity index (χ3v) is 6.60. The highest BCUT2D eigenvalue weighted by molar-refractivity contribution is 6.09. The molecule has 0 radical (unpaired) electrons. The predicted molar refractivity (Wildman–Crippen MR) is 122 cm³/mol. The van der Waals surface area contributed by atoms with Gasteiger partial charge in [0.25, 0.3) is 0 Å². The van der Waals surface area contributed by atoms with Crippen LogP contribution < -0.4 is 4.74 Å². The summed E-state index contributed by atoms with van der Waals surface area (Å²) < 4.78 is 6.14. The second kappa shape index (κ2) is 6.92. The van der Waals surface area contributed by atoms with Crippen molar-refractivity contribution in [1.29, 1.82) is 0 Å². The van der Waals surface area contributed by atoms with Gasteiger partial charge in [-0.05, 0) is 70.1 Å². The minimum atomic E-state index is -0.234. The fourth-order valence-corrected chi connectivity index (χ4v) is 5.22. The minimum Gasteiger partial charge on any atom is -0.488 e. The normalized spacial score (nSPS) is 15.8. The number of hydrogen-bond acceptors (Lipinski definition) is 3. The lowest BCUT2D eigenvalue weighted by molar-refractivity contribution is 0.103. The number of ether oxygens (including phenoxy) is 1. The SMILES string of the molecule is O=C1C=CC2(Cc3cccc4cccc(c34)C2)c2cccc(OCc3ccncc3)c21. The van der Waals surface area contributed by atoms with Crippen molar-refractivity contribution in [2.24, 2.45) is 0 Å². The molecule has 6 rings (SSSR count). The van der Waals surface area contributed by atoms with Gasteiger partial charge >= 0.3 is 0 Å². The molecule has 2 aliphatic carbocycles. The zero-order valence-electron chi connectivity index (χ0n) is 17.0. The molecule has 3 aromatic carbocycles. The molecular formula is C28H21NO2. The van der Waals surface area contributed by atoms with Crippen LogP contribution in [-0.4, -0.2) is 10.8 Å². The number of fused-ring (bicyclic) bond motifs is 2. The highest BCUT2D eigenvalue weighted by Crippen LogP contribution is 2.46. The average Bonchev–Trinajstić information content (AvgIpc) is 2.81. The number of aromatic nitrogens is 1. The lowest BCUT2D eigenvalue weighted by atomic mass is 9.63. The largest absolute Gasteiger partial charge is 0.488 e. The summed E-state index contributed by atoms with van der Waals surface area (Å²) >= 11 is 0. The topological polar surface area (TPSA) is 39.2 Å². The van der Waals surface area contributed by atoms with Gasteiger partial charge in [-0.3, -0.25) is 9.78 Å². The third-order valence-electron chi connectivity index (χ3n) is 6.60. The first kappa shape index (κ1) is 18.1. The summed E-state index contributed by atoms with van der Waals surface area (Å²) in [6, 6.07) is 22.9. The molecule has 0 atom stereocenters. The number of ketones is 1. The van der Waals surface area contributed by atoms with Crippen LogP contribution in [0.2, 0.25) is 0 Å². The van der Waals surface area contributed by atoms with E-state index in [9.17, 15) is 4.79 Å². The van der Waals surface area contributed by atoms with Crippen LogP contribution in [0.4, 0.5) is 0 Å². The lowest BCUT2D eigenvalue weighted by Gasteiger charge is -2.39. The summed E-state index contributed by atoms with van der Waals surface area (Å²) in [5, 5.41) is 2.66. The van der Waals surface area contributed by atoms with Gasteiger partial charge in [0.05, 0.1) is 5.56 Å². The molecular weight excluding hydrogens is 382 g/mol. The van der Waals surface area contributed by atoms with Crippen molar-refractivity contribution in [2.75, 3.05) is 0 Å². The first-order chi connectivity index (χ1) is 15.2. The Morgan fingerprint density at radius 3 is 2.32 bits per heavy atom. The lowest BCUT2D eigenvalue weighted by Crippen LogP contribution is -2.36. The molecule has 2 aliphatic rings. The van der Waals surface area contributed by atoms with Crippen molar-refractivity contribution < 1.29 is 9.53 Å². The summed E-state index contributed by atoms with van der Waals surface area (Å²) in [4.78, 5) is 17.1. The Hall–Kier alpha value is -3.72. The molecule has 1 aromatic heterocycles. The third kappa shape index (κ3) is 2.89. The van der Waals surface area contributed by atoms with E-state index in [-0.39, 0.29) is 11.2 Å². The maximum atomic E-state index is 13.0. The Morgan fingerprint density at radius 1 is 0.871 bits per heavy atom. The minimum absolute atomic E-state index is 0.0167. The van der Waals surface area contributed by atoms with E-state index < -0.39 is 0 Å². The van der Waals surface area contributed by atoms with Gasteiger partial charge in [0.15, 0.2) is 5.78 Å². The fourth-order valence-electron chi connectivity index (χ4n) is 5.22. The van der Waals surface area contributed by atoms with E-state index in [4.69, 9.17) is 4.74 Å². The van der Waals surface area contributed by atoms with Crippen LogP contribution in [0.15, 0.2) is 91.3 Å². The van der Waals surface area contributed by atoms with Crippen molar-refractivity contribution in [1.82, 2.24) is 4.98 Å². The quantitative estimate of drug-likeness (QED) is 0.447. The maximum Gasteiger partial charge on any atom is 0.189 e. The first-order valence-corrected chi connectivity index (χ1v) is 10.6. The Labute approximate surface area is 181 Å². The molecule has 0 saturated heterocycles. The number of benzene rings is 3. The Bertz CT molecular complexity index is 1310. The number of allylic oxidation sites excluding steroid dienone is 2. The number of pyridine rings is 1. The van der Waals surface area contributed by atoms with E-state index in [0.29, 0.717) is 17.9 Å². The second-order valence-corrected chi connectivity index (χ2v) is 8.46. The smallest absolute Gasteiger partial charge is 0.189 e. The van der Waals surface area contributed by atoms with Gasteiger partial charge in [-0.2, -0.15) is 0 Å². The van der Waals surface area contributed by atoms with Crippen LogP contribution in [-0.2, 0) is 24.9 Å². The van der Waals surface area contributed by atoms with E-state index in [1.165, 1.54) is 21.9 Å². The highest BCUT2D eigenvalue weighted by Gasteiger charge is 2.40. The number of nitrogens with zero attached hydrogens (tertiary/aromatic N) is 1. The van der Waals surface area contributed by atoms with Crippen LogP contribution in [0.1, 0.15) is 32.6 Å². The Morgan fingerprint density at radius 2 is 1.58 bits per heavy atom. The van der Waals surface area contributed by atoms with Crippen molar-refractivity contribution in [3.05, 3.63) is 119 Å². The first-order valence-electron chi connectivity index (χ1n) is 10.6. The van der Waals surface area contributed by atoms with E-state index in [2.05, 4.69) is 53.5 Å². The second-order valence-electron chi connectivity index (χ2n) is 8.46. The Balaban J connectivity index is 1.44. The molecule has 0 aliphatic heterocycles. The molecule has 1 heterocycles. The van der Waals surface area contributed by atoms with Gasteiger partial charge in [0.2, 0.25) is 0 Å². The van der Waals surface area contributed by atoms with Crippen molar-refractivity contribution in [3.63, 3.8) is 0 Å². The van der Waals surface area contributed by atoms with Crippen LogP contribution >= 0.6 is 0 Å². The number of rotatable bonds is 3. The van der Waals surface area contributed by atoms with Gasteiger partial charge in [0, 0.05) is 17.8 Å². The molecule has 0 saturated carbocycles. The molecule has 0 bridgehead atoms. The number of hydrogen-bond donors (Lipinski definition) is 0. The molecule has 3 heteroatoms. The standard InChI is InChI=1S/C28H21NO2/c30-24-10-13-28(16-21-6-1-4-20-5-2-7-22(17-28)26(20)21)23-8-3-9-25(27(23)24)31-18-19-11-14-29-15-12-19/h1-15H,16-18H2. The van der Waals surface area contributed by atoms with E-state index in [1.807, 2.05) is 24.3 Å². The molecule has 3 nitrogen and oxygen atoms in total. The maximum absolute atomic E-state index is 13.0. The summed E-state index contributed by atoms with van der Waals surface area (Å²) in [5.74, 6) is 0.670. The molecule has 0 unspecified atom stereocenters. The molecule has 0 amide bonds. The van der Waals surface area contributed by atoms with Crippen LogP contribution in [0.3, 0.4) is 0 Å². The van der Waals surface area contributed by atoms with Crippen LogP contribution in [0.25, 0.3) is 10.8 Å². The van der Waals surface area contributed by atoms with Gasteiger partial charge in [-0.1, -0.05) is 54.6 Å². The number of carbonyl (C=O) groups is 1. The van der Waals surface area contributed by atoms with Crippen molar-refractivity contribution in [3.8, 4) is 5.75 Å². The zero-order chi connectivity index (χ0) is 20.8. The molecule has 1 spiro atoms. The predicted octanol–water partition coefficient (Wildman–Crippen LogP) is 5.60. The van der Waals surface area contributed by atoms with Gasteiger partial charge in [-0.15, -0.1) is 0 Å². The van der Waals surface area contributed by atoms with E-state index in [1.54, 1.807) is 18.5 Å². The molecule has 0 fully saturated rings. The highest BCUT2D eigenvalue weighted by atomic mass is 16.5. The van der Waals surface area contributed by atoms with Gasteiger partial charge in [-0.25, -0.2) is 0 Å². The molecule has 31 heavy (non-hydrogen) atoms. The molecule has 150 valence electrons. The summed E-state index contributed by atoms with van der Waals surface area (Å²) in [5.41, 5.74) is 5.24. The fraction of sp³-hybridized carbons (Fsp3) is 0.143. The van der Waals surface area contributed by atoms with Gasteiger partial charge < -0.3 is 4.74 Å². The summed E-state index contributed by atoms with van der Waals surface area (Å²) in [6.07, 6.45) is 9.14. The van der Waals surface area contributed by atoms with Gasteiger partial charge in [0.1, 0.15) is 12.4 Å². The monoisotopic (exact) mass is 403 g/mol. The Kier molecular flexibility index (Phi) is 4.03. The van der Waals surface area contributed by atoms with Crippen molar-refractivity contribution >= 4 is 16.6 Å². The zero-order valence-corrected chi connectivity index (χ0v) is 17.0. The summed E-state index contributed by atoms with van der Waals surface area (Å²) in [6.45, 7) is 0.408. The molecule has 4 aromatic rings.